The van der Waals surface area contributed by atoms with Crippen LogP contribution in [0.15, 0.2) is 12.2 Å². The molecule has 3 aliphatic rings. The first-order chi connectivity index (χ1) is 6.19. The molecule has 0 amide bonds. The molecule has 2 aliphatic carbocycles. The molecule has 13 heavy (non-hydrogen) atoms. The molecule has 1 heterocycles. The number of ether oxygens (including phenoxy) is 1. The standard InChI is InChI=1S/C11H14O2/c1-10-6-3-5-9-11(10,13-9)7-2-4-8(10)12/h3,6,9H,2,4-5,7H2,1H3/t9-,10-,11-/m1/s1. The molecule has 70 valence electrons. The fourth-order valence-electron chi connectivity index (χ4n) is 3.06. The summed E-state index contributed by atoms with van der Waals surface area (Å²) in [6.07, 6.45) is 8.36. The molecular formula is C11H14O2. The number of epoxide rings is 1. The Morgan fingerprint density at radius 2 is 2.46 bits per heavy atom. The van der Waals surface area contributed by atoms with E-state index in [2.05, 4.69) is 12.2 Å². The Hall–Kier alpha value is -0.630. The van der Waals surface area contributed by atoms with Gasteiger partial charge in [0, 0.05) is 6.42 Å². The van der Waals surface area contributed by atoms with E-state index >= 15 is 0 Å². The summed E-state index contributed by atoms with van der Waals surface area (Å²) >= 11 is 0. The summed E-state index contributed by atoms with van der Waals surface area (Å²) in [5.41, 5.74) is -0.384. The topological polar surface area (TPSA) is 29.6 Å². The van der Waals surface area contributed by atoms with E-state index in [1.165, 1.54) is 0 Å². The Morgan fingerprint density at radius 1 is 1.62 bits per heavy atom. The van der Waals surface area contributed by atoms with E-state index in [1.54, 1.807) is 0 Å². The van der Waals surface area contributed by atoms with Gasteiger partial charge < -0.3 is 4.74 Å². The predicted molar refractivity (Wildman–Crippen MR) is 48.3 cm³/mol. The highest BCUT2D eigenvalue weighted by atomic mass is 16.6. The van der Waals surface area contributed by atoms with E-state index in [1.807, 2.05) is 6.92 Å². The maximum Gasteiger partial charge on any atom is 0.145 e. The van der Waals surface area contributed by atoms with Crippen LogP contribution in [0.1, 0.15) is 32.6 Å². The second-order valence-corrected chi connectivity index (χ2v) is 4.61. The van der Waals surface area contributed by atoms with Crippen molar-refractivity contribution in [1.82, 2.24) is 0 Å². The molecular weight excluding hydrogens is 164 g/mol. The summed E-state index contributed by atoms with van der Waals surface area (Å²) in [5, 5.41) is 0. The molecule has 0 bridgehead atoms. The summed E-state index contributed by atoms with van der Waals surface area (Å²) in [7, 11) is 0. The molecule has 2 fully saturated rings. The zero-order chi connectivity index (χ0) is 9.10. The van der Waals surface area contributed by atoms with Crippen LogP contribution in [0.2, 0.25) is 0 Å². The first-order valence-corrected chi connectivity index (χ1v) is 5.08. The lowest BCUT2D eigenvalue weighted by Gasteiger charge is -2.37. The van der Waals surface area contributed by atoms with Crippen LogP contribution in [-0.4, -0.2) is 17.5 Å². The first-order valence-electron chi connectivity index (χ1n) is 5.08. The van der Waals surface area contributed by atoms with Crippen LogP contribution >= 0.6 is 0 Å². The van der Waals surface area contributed by atoms with Gasteiger partial charge in [0.2, 0.25) is 0 Å². The Kier molecular flexibility index (Phi) is 1.23. The van der Waals surface area contributed by atoms with E-state index in [4.69, 9.17) is 4.74 Å². The third-order valence-electron chi connectivity index (χ3n) is 4.03. The summed E-state index contributed by atoms with van der Waals surface area (Å²) < 4.78 is 5.76. The zero-order valence-corrected chi connectivity index (χ0v) is 7.88. The number of carbonyl (C=O) groups excluding carboxylic acids is 1. The average Bonchev–Trinajstić information content (AvgIpc) is 2.79. The molecule has 0 aromatic carbocycles. The number of Topliss-reactive ketones (excluding diaryl/α,β-unsaturated/α-hetero) is 1. The van der Waals surface area contributed by atoms with Crippen LogP contribution in [0, 0.1) is 5.41 Å². The molecule has 0 unspecified atom stereocenters. The van der Waals surface area contributed by atoms with Gasteiger partial charge in [0.05, 0.1) is 11.5 Å². The molecule has 2 heteroatoms. The lowest BCUT2D eigenvalue weighted by molar-refractivity contribution is -0.131. The summed E-state index contributed by atoms with van der Waals surface area (Å²) in [6, 6.07) is 0. The van der Waals surface area contributed by atoms with Crippen LogP contribution in [0.25, 0.3) is 0 Å². The third kappa shape index (κ3) is 0.715. The molecule has 3 atom stereocenters. The zero-order valence-electron chi connectivity index (χ0n) is 7.88. The molecule has 0 N–H and O–H groups in total. The van der Waals surface area contributed by atoms with Gasteiger partial charge in [-0.15, -0.1) is 0 Å². The van der Waals surface area contributed by atoms with Crippen LogP contribution < -0.4 is 0 Å². The monoisotopic (exact) mass is 178 g/mol. The van der Waals surface area contributed by atoms with Crippen molar-refractivity contribution >= 4 is 5.78 Å². The highest BCUT2D eigenvalue weighted by Gasteiger charge is 2.70. The van der Waals surface area contributed by atoms with Gasteiger partial charge >= 0.3 is 0 Å². The van der Waals surface area contributed by atoms with Gasteiger partial charge in [-0.3, -0.25) is 4.79 Å². The molecule has 2 nitrogen and oxygen atoms in total. The Morgan fingerprint density at radius 3 is 3.23 bits per heavy atom. The number of carbonyl (C=O) groups is 1. The summed E-state index contributed by atoms with van der Waals surface area (Å²) in [4.78, 5) is 11.9. The van der Waals surface area contributed by atoms with Crippen LogP contribution in [0.3, 0.4) is 0 Å². The quantitative estimate of drug-likeness (QED) is 0.418. The normalized spacial score (nSPS) is 52.7. The van der Waals surface area contributed by atoms with Gasteiger partial charge in [0.25, 0.3) is 0 Å². The number of rotatable bonds is 0. The van der Waals surface area contributed by atoms with Crippen molar-refractivity contribution in [3.8, 4) is 0 Å². The minimum atomic E-state index is -0.297. The second kappa shape index (κ2) is 2.06. The lowest BCUT2D eigenvalue weighted by Crippen LogP contribution is -2.47. The van der Waals surface area contributed by atoms with Crippen molar-refractivity contribution in [3.05, 3.63) is 12.2 Å². The van der Waals surface area contributed by atoms with Gasteiger partial charge in [-0.2, -0.15) is 0 Å². The minimum Gasteiger partial charge on any atom is -0.364 e. The predicted octanol–water partition coefficient (Wildman–Crippen LogP) is 1.84. The fraction of sp³-hybridized carbons (Fsp3) is 0.727. The van der Waals surface area contributed by atoms with E-state index in [0.717, 1.165) is 25.7 Å². The number of hydrogen-bond acceptors (Lipinski definition) is 2. The SMILES string of the molecule is C[C@]12C=CC[C@H]3O[C@]31CCCC2=O. The third-order valence-corrected chi connectivity index (χ3v) is 4.03. The van der Waals surface area contributed by atoms with E-state index in [0.29, 0.717) is 11.9 Å². The van der Waals surface area contributed by atoms with Crippen LogP contribution in [-0.2, 0) is 9.53 Å². The number of ketones is 1. The average molecular weight is 178 g/mol. The Bertz CT molecular complexity index is 307. The minimum absolute atomic E-state index is 0.0862. The van der Waals surface area contributed by atoms with Crippen molar-refractivity contribution in [2.45, 2.75) is 44.3 Å². The van der Waals surface area contributed by atoms with Crippen molar-refractivity contribution in [2.24, 2.45) is 5.41 Å². The lowest BCUT2D eigenvalue weighted by atomic mass is 9.62. The van der Waals surface area contributed by atoms with Gasteiger partial charge in [0.15, 0.2) is 0 Å². The maximum atomic E-state index is 11.9. The van der Waals surface area contributed by atoms with Crippen molar-refractivity contribution < 1.29 is 9.53 Å². The molecule has 3 rings (SSSR count). The van der Waals surface area contributed by atoms with Crippen molar-refractivity contribution in [3.63, 3.8) is 0 Å². The molecule has 1 saturated carbocycles. The van der Waals surface area contributed by atoms with Crippen LogP contribution in [0.4, 0.5) is 0 Å². The van der Waals surface area contributed by atoms with Gasteiger partial charge in [-0.05, 0) is 26.2 Å². The number of hydrogen-bond donors (Lipinski definition) is 0. The highest BCUT2D eigenvalue weighted by molar-refractivity contribution is 5.89. The Labute approximate surface area is 78.0 Å². The van der Waals surface area contributed by atoms with Gasteiger partial charge in [-0.1, -0.05) is 12.2 Å². The molecule has 1 spiro atoms. The smallest absolute Gasteiger partial charge is 0.145 e. The second-order valence-electron chi connectivity index (χ2n) is 4.61. The highest BCUT2D eigenvalue weighted by Crippen LogP contribution is 2.61. The molecule has 1 saturated heterocycles. The van der Waals surface area contributed by atoms with E-state index < -0.39 is 0 Å². The van der Waals surface area contributed by atoms with Gasteiger partial charge in [0.1, 0.15) is 11.4 Å². The van der Waals surface area contributed by atoms with E-state index in [9.17, 15) is 4.79 Å². The van der Waals surface area contributed by atoms with Crippen LogP contribution in [0.5, 0.6) is 0 Å². The molecule has 0 aromatic heterocycles. The summed E-state index contributed by atoms with van der Waals surface area (Å²) in [6.45, 7) is 2.05. The maximum absolute atomic E-state index is 11.9. The Balaban J connectivity index is 2.09. The molecule has 0 aromatic rings. The van der Waals surface area contributed by atoms with Crippen molar-refractivity contribution in [1.29, 1.82) is 0 Å². The van der Waals surface area contributed by atoms with E-state index in [-0.39, 0.29) is 11.0 Å². The fourth-order valence-corrected chi connectivity index (χ4v) is 3.06. The van der Waals surface area contributed by atoms with Gasteiger partial charge in [-0.25, -0.2) is 0 Å². The molecule has 0 radical (unpaired) electrons. The van der Waals surface area contributed by atoms with Crippen molar-refractivity contribution in [2.75, 3.05) is 0 Å². The summed E-state index contributed by atoms with van der Waals surface area (Å²) in [5.74, 6) is 0.372. The molecule has 1 aliphatic heterocycles. The first kappa shape index (κ1) is 7.74. The largest absolute Gasteiger partial charge is 0.364 e.